The Bertz CT molecular complexity index is 542. The second-order valence-corrected chi connectivity index (χ2v) is 6.75. The Hall–Kier alpha value is -1.14. The first-order chi connectivity index (χ1) is 9.97. The summed E-state index contributed by atoms with van der Waals surface area (Å²) in [5.41, 5.74) is 7.84. The van der Waals surface area contributed by atoms with Crippen LogP contribution in [0.1, 0.15) is 25.3 Å². The van der Waals surface area contributed by atoms with Gasteiger partial charge in [-0.25, -0.2) is 0 Å². The topological polar surface area (TPSA) is 58.4 Å². The van der Waals surface area contributed by atoms with Crippen molar-refractivity contribution in [3.8, 4) is 0 Å². The van der Waals surface area contributed by atoms with Crippen molar-refractivity contribution in [1.29, 1.82) is 0 Å². The molecule has 0 aromatic heterocycles. The lowest BCUT2D eigenvalue weighted by Gasteiger charge is -2.34. The molecule has 21 heavy (non-hydrogen) atoms. The Morgan fingerprint density at radius 2 is 2.14 bits per heavy atom. The molecule has 1 saturated heterocycles. The normalized spacial score (nSPS) is 15.8. The molecule has 2 rings (SSSR count). The predicted octanol–water partition coefficient (Wildman–Crippen LogP) is 2.44. The Morgan fingerprint density at radius 3 is 2.71 bits per heavy atom. The minimum Gasteiger partial charge on any atom is -0.389 e. The van der Waals surface area contributed by atoms with Crippen LogP contribution in [0.4, 0.5) is 5.69 Å². The molecule has 0 aliphatic carbocycles. The third-order valence-corrected chi connectivity index (χ3v) is 4.53. The summed E-state index contributed by atoms with van der Waals surface area (Å²) in [5.74, 6) is 0.589. The number of piperidine rings is 1. The molecule has 1 amide bonds. The molecule has 4 nitrogen and oxygen atoms in total. The largest absolute Gasteiger partial charge is 0.389 e. The molecule has 6 heteroatoms. The van der Waals surface area contributed by atoms with Gasteiger partial charge in [0.25, 0.3) is 0 Å². The summed E-state index contributed by atoms with van der Waals surface area (Å²) in [6, 6.07) is 6.00. The summed E-state index contributed by atoms with van der Waals surface area (Å²) >= 11 is 8.65. The second-order valence-electron chi connectivity index (χ2n) is 5.39. The Labute approximate surface area is 139 Å². The molecule has 1 fully saturated rings. The lowest BCUT2D eigenvalue weighted by atomic mass is 9.96. The smallest absolute Gasteiger partial charge is 0.216 e. The molecule has 0 atom stereocenters. The van der Waals surface area contributed by atoms with Gasteiger partial charge in [0.15, 0.2) is 0 Å². The van der Waals surface area contributed by atoms with Crippen molar-refractivity contribution in [2.75, 3.05) is 24.5 Å². The highest BCUT2D eigenvalue weighted by Crippen LogP contribution is 2.29. The summed E-state index contributed by atoms with van der Waals surface area (Å²) in [6.07, 6.45) is 2.12. The quantitative estimate of drug-likeness (QED) is 0.800. The van der Waals surface area contributed by atoms with Gasteiger partial charge in [-0.1, -0.05) is 28.1 Å². The highest BCUT2D eigenvalue weighted by molar-refractivity contribution is 9.10. The third kappa shape index (κ3) is 4.41. The fourth-order valence-corrected chi connectivity index (χ4v) is 3.16. The molecular formula is C15H20BrN3OS. The van der Waals surface area contributed by atoms with Gasteiger partial charge in [-0.15, -0.1) is 0 Å². The standard InChI is InChI=1S/C15H20BrN3OS/c1-10(20)18-9-11-4-6-19(7-5-11)14-8-12(16)2-3-13(14)15(17)21/h2-3,8,11H,4-7,9H2,1H3,(H2,17,21)(H,18,20). The number of nitrogens with zero attached hydrogens (tertiary/aromatic N) is 1. The molecule has 1 aliphatic heterocycles. The highest BCUT2D eigenvalue weighted by atomic mass is 79.9. The molecule has 1 aromatic rings. The number of rotatable bonds is 4. The van der Waals surface area contributed by atoms with Crippen molar-refractivity contribution in [3.63, 3.8) is 0 Å². The van der Waals surface area contributed by atoms with Gasteiger partial charge in [-0.05, 0) is 37.0 Å². The number of carbonyl (C=O) groups is 1. The zero-order valence-electron chi connectivity index (χ0n) is 12.1. The van der Waals surface area contributed by atoms with E-state index >= 15 is 0 Å². The number of amides is 1. The molecule has 0 unspecified atom stereocenters. The molecular weight excluding hydrogens is 350 g/mol. The van der Waals surface area contributed by atoms with E-state index in [1.165, 1.54) is 0 Å². The van der Waals surface area contributed by atoms with Crippen LogP contribution in [0.3, 0.4) is 0 Å². The Balaban J connectivity index is 2.03. The molecule has 1 aromatic carbocycles. The van der Waals surface area contributed by atoms with E-state index in [1.54, 1.807) is 6.92 Å². The van der Waals surface area contributed by atoms with E-state index in [9.17, 15) is 4.79 Å². The highest BCUT2D eigenvalue weighted by Gasteiger charge is 2.21. The maximum absolute atomic E-state index is 11.0. The lowest BCUT2D eigenvalue weighted by molar-refractivity contribution is -0.119. The van der Waals surface area contributed by atoms with E-state index in [2.05, 4.69) is 32.2 Å². The summed E-state index contributed by atoms with van der Waals surface area (Å²) in [4.78, 5) is 13.7. The van der Waals surface area contributed by atoms with Crippen molar-refractivity contribution < 1.29 is 4.79 Å². The molecule has 1 heterocycles. The average Bonchev–Trinajstić information content (AvgIpc) is 2.45. The van der Waals surface area contributed by atoms with Crippen LogP contribution in [0, 0.1) is 5.92 Å². The first kappa shape index (κ1) is 16.2. The molecule has 0 radical (unpaired) electrons. The first-order valence-electron chi connectivity index (χ1n) is 7.06. The van der Waals surface area contributed by atoms with Crippen LogP contribution in [-0.2, 0) is 4.79 Å². The van der Waals surface area contributed by atoms with E-state index in [-0.39, 0.29) is 5.91 Å². The maximum Gasteiger partial charge on any atom is 0.216 e. The maximum atomic E-state index is 11.0. The van der Waals surface area contributed by atoms with E-state index in [1.807, 2.05) is 12.1 Å². The monoisotopic (exact) mass is 369 g/mol. The van der Waals surface area contributed by atoms with E-state index < -0.39 is 0 Å². The molecule has 0 bridgehead atoms. The zero-order chi connectivity index (χ0) is 15.4. The number of nitrogens with two attached hydrogens (primary N) is 1. The molecule has 0 saturated carbocycles. The Morgan fingerprint density at radius 1 is 1.48 bits per heavy atom. The minimum absolute atomic E-state index is 0.0418. The van der Waals surface area contributed by atoms with Gasteiger partial charge >= 0.3 is 0 Å². The van der Waals surface area contributed by atoms with Crippen LogP contribution in [0.15, 0.2) is 22.7 Å². The fourth-order valence-electron chi connectivity index (χ4n) is 2.64. The number of hydrogen-bond acceptors (Lipinski definition) is 3. The van der Waals surface area contributed by atoms with Gasteiger partial charge in [-0.2, -0.15) is 0 Å². The predicted molar refractivity (Wildman–Crippen MR) is 93.7 cm³/mol. The number of benzene rings is 1. The van der Waals surface area contributed by atoms with Crippen molar-refractivity contribution in [1.82, 2.24) is 5.32 Å². The van der Waals surface area contributed by atoms with Crippen molar-refractivity contribution >= 4 is 44.7 Å². The number of anilines is 1. The minimum atomic E-state index is 0.0418. The van der Waals surface area contributed by atoms with E-state index in [0.717, 1.165) is 48.2 Å². The molecule has 1 aliphatic rings. The summed E-state index contributed by atoms with van der Waals surface area (Å²) in [5, 5.41) is 2.90. The number of hydrogen-bond donors (Lipinski definition) is 2. The number of halogens is 1. The number of nitrogens with one attached hydrogen (secondary N) is 1. The van der Waals surface area contributed by atoms with E-state index in [4.69, 9.17) is 18.0 Å². The van der Waals surface area contributed by atoms with Crippen LogP contribution < -0.4 is 16.0 Å². The summed E-state index contributed by atoms with van der Waals surface area (Å²) < 4.78 is 1.03. The molecule has 0 spiro atoms. The van der Waals surface area contributed by atoms with Crippen LogP contribution in [0.5, 0.6) is 0 Å². The van der Waals surface area contributed by atoms with Gasteiger partial charge in [0.05, 0.1) is 0 Å². The van der Waals surface area contributed by atoms with Crippen LogP contribution in [0.2, 0.25) is 0 Å². The van der Waals surface area contributed by atoms with Gasteiger partial charge in [0.1, 0.15) is 4.99 Å². The van der Waals surface area contributed by atoms with Gasteiger partial charge in [-0.3, -0.25) is 4.79 Å². The van der Waals surface area contributed by atoms with Crippen LogP contribution in [0.25, 0.3) is 0 Å². The molecule has 3 N–H and O–H groups in total. The first-order valence-corrected chi connectivity index (χ1v) is 8.26. The number of carbonyl (C=O) groups excluding carboxylic acids is 1. The van der Waals surface area contributed by atoms with Crippen molar-refractivity contribution in [3.05, 3.63) is 28.2 Å². The average molecular weight is 370 g/mol. The SMILES string of the molecule is CC(=O)NCC1CCN(c2cc(Br)ccc2C(N)=S)CC1. The van der Waals surface area contributed by atoms with Gasteiger partial charge in [0, 0.05) is 42.3 Å². The van der Waals surface area contributed by atoms with Crippen molar-refractivity contribution in [2.45, 2.75) is 19.8 Å². The number of thiocarbonyl (C=S) groups is 1. The second kappa shape index (κ2) is 7.22. The zero-order valence-corrected chi connectivity index (χ0v) is 14.5. The van der Waals surface area contributed by atoms with Crippen LogP contribution in [-0.4, -0.2) is 30.5 Å². The summed E-state index contributed by atoms with van der Waals surface area (Å²) in [6.45, 7) is 4.24. The lowest BCUT2D eigenvalue weighted by Crippen LogP contribution is -2.39. The fraction of sp³-hybridized carbons (Fsp3) is 0.467. The van der Waals surface area contributed by atoms with Crippen molar-refractivity contribution in [2.24, 2.45) is 11.7 Å². The third-order valence-electron chi connectivity index (χ3n) is 3.82. The van der Waals surface area contributed by atoms with Gasteiger partial charge in [0.2, 0.25) is 5.91 Å². The van der Waals surface area contributed by atoms with Crippen LogP contribution >= 0.6 is 28.1 Å². The summed E-state index contributed by atoms with van der Waals surface area (Å²) in [7, 11) is 0. The van der Waals surface area contributed by atoms with E-state index in [0.29, 0.717) is 10.9 Å². The Kier molecular flexibility index (Phi) is 5.58. The molecule has 114 valence electrons. The van der Waals surface area contributed by atoms with Gasteiger partial charge < -0.3 is 16.0 Å².